The monoisotopic (exact) mass is 381 g/mol. The van der Waals surface area contributed by atoms with Crippen LogP contribution in [0.4, 0.5) is 20.2 Å². The molecular formula is C21H17F2N3O2. The number of benzene rings is 2. The molecule has 1 heterocycles. The highest BCUT2D eigenvalue weighted by Crippen LogP contribution is 2.18. The Bertz CT molecular complexity index is 1070. The number of carbonyl (C=O) groups is 2. The molecule has 1 aromatic heterocycles. The number of carbonyl (C=O) groups excluding carboxylic acids is 2. The summed E-state index contributed by atoms with van der Waals surface area (Å²) < 4.78 is 26.7. The Morgan fingerprint density at radius 3 is 2.36 bits per heavy atom. The smallest absolute Gasteiger partial charge is 0.274 e. The lowest BCUT2D eigenvalue weighted by atomic mass is 10.1. The molecule has 0 fully saturated rings. The maximum Gasteiger partial charge on any atom is 0.274 e. The fourth-order valence-corrected chi connectivity index (χ4v) is 2.54. The van der Waals surface area contributed by atoms with Gasteiger partial charge in [-0.05, 0) is 55.3 Å². The summed E-state index contributed by atoms with van der Waals surface area (Å²) in [5.74, 6) is -2.78. The molecular weight excluding hydrogens is 364 g/mol. The van der Waals surface area contributed by atoms with Crippen molar-refractivity contribution < 1.29 is 18.4 Å². The standard InChI is InChI=1S/C21H17F2N3O2/c1-12-3-4-13(2)18(9-12)26-20(27)14-7-8-24-19(10-14)21(28)25-17-6-5-15(22)11-16(17)23/h3-11H,1-2H3,(H,25,28)(H,26,27). The summed E-state index contributed by atoms with van der Waals surface area (Å²) in [6, 6.07) is 11.3. The third-order valence-corrected chi connectivity index (χ3v) is 4.08. The van der Waals surface area contributed by atoms with Crippen molar-refractivity contribution in [1.82, 2.24) is 4.98 Å². The summed E-state index contributed by atoms with van der Waals surface area (Å²) in [5.41, 5.74) is 2.53. The Kier molecular flexibility index (Phi) is 5.44. The number of aromatic nitrogens is 1. The molecule has 5 nitrogen and oxygen atoms in total. The predicted octanol–water partition coefficient (Wildman–Crippen LogP) is 4.48. The second-order valence-electron chi connectivity index (χ2n) is 6.28. The second-order valence-corrected chi connectivity index (χ2v) is 6.28. The van der Waals surface area contributed by atoms with Crippen LogP contribution >= 0.6 is 0 Å². The number of anilines is 2. The fourth-order valence-electron chi connectivity index (χ4n) is 2.54. The number of pyridine rings is 1. The van der Waals surface area contributed by atoms with E-state index in [-0.39, 0.29) is 16.9 Å². The average molecular weight is 381 g/mol. The van der Waals surface area contributed by atoms with Crippen LogP contribution in [0.3, 0.4) is 0 Å². The van der Waals surface area contributed by atoms with Crippen molar-refractivity contribution >= 4 is 23.2 Å². The van der Waals surface area contributed by atoms with E-state index in [0.29, 0.717) is 11.8 Å². The molecule has 2 amide bonds. The lowest BCUT2D eigenvalue weighted by Crippen LogP contribution is -2.17. The summed E-state index contributed by atoms with van der Waals surface area (Å²) in [4.78, 5) is 28.8. The topological polar surface area (TPSA) is 71.1 Å². The highest BCUT2D eigenvalue weighted by molar-refractivity contribution is 6.08. The van der Waals surface area contributed by atoms with Crippen molar-refractivity contribution in [1.29, 1.82) is 0 Å². The van der Waals surface area contributed by atoms with E-state index in [2.05, 4.69) is 15.6 Å². The van der Waals surface area contributed by atoms with Crippen LogP contribution in [-0.4, -0.2) is 16.8 Å². The molecule has 0 bridgehead atoms. The highest BCUT2D eigenvalue weighted by Gasteiger charge is 2.15. The minimum absolute atomic E-state index is 0.0719. The van der Waals surface area contributed by atoms with Gasteiger partial charge in [0.05, 0.1) is 5.69 Å². The lowest BCUT2D eigenvalue weighted by Gasteiger charge is -2.10. The zero-order valence-electron chi connectivity index (χ0n) is 15.2. The van der Waals surface area contributed by atoms with Crippen molar-refractivity contribution in [3.05, 3.63) is 88.7 Å². The van der Waals surface area contributed by atoms with Crippen LogP contribution in [0.2, 0.25) is 0 Å². The van der Waals surface area contributed by atoms with Crippen molar-refractivity contribution in [3.8, 4) is 0 Å². The molecule has 0 saturated carbocycles. The quantitative estimate of drug-likeness (QED) is 0.700. The van der Waals surface area contributed by atoms with E-state index < -0.39 is 23.4 Å². The van der Waals surface area contributed by atoms with Gasteiger partial charge in [0.15, 0.2) is 0 Å². The van der Waals surface area contributed by atoms with Crippen molar-refractivity contribution in [2.24, 2.45) is 0 Å². The van der Waals surface area contributed by atoms with Crippen molar-refractivity contribution in [3.63, 3.8) is 0 Å². The summed E-state index contributed by atoms with van der Waals surface area (Å²) in [6.45, 7) is 3.79. The van der Waals surface area contributed by atoms with Crippen LogP contribution in [0.5, 0.6) is 0 Å². The van der Waals surface area contributed by atoms with Gasteiger partial charge in [0.1, 0.15) is 17.3 Å². The Morgan fingerprint density at radius 1 is 0.857 bits per heavy atom. The summed E-state index contributed by atoms with van der Waals surface area (Å²) in [5, 5.41) is 5.11. The minimum atomic E-state index is -0.905. The molecule has 0 unspecified atom stereocenters. The van der Waals surface area contributed by atoms with E-state index in [1.54, 1.807) is 0 Å². The van der Waals surface area contributed by atoms with Gasteiger partial charge in [0, 0.05) is 23.5 Å². The zero-order chi connectivity index (χ0) is 20.3. The third-order valence-electron chi connectivity index (χ3n) is 4.08. The van der Waals surface area contributed by atoms with Crippen LogP contribution in [0.1, 0.15) is 32.0 Å². The van der Waals surface area contributed by atoms with Crippen LogP contribution < -0.4 is 10.6 Å². The average Bonchev–Trinajstić information content (AvgIpc) is 2.67. The van der Waals surface area contributed by atoms with Crippen LogP contribution in [-0.2, 0) is 0 Å². The molecule has 7 heteroatoms. The summed E-state index contributed by atoms with van der Waals surface area (Å²) in [6.07, 6.45) is 1.31. The van der Waals surface area contributed by atoms with Crippen LogP contribution in [0.25, 0.3) is 0 Å². The van der Waals surface area contributed by atoms with E-state index in [9.17, 15) is 18.4 Å². The largest absolute Gasteiger partial charge is 0.322 e. The van der Waals surface area contributed by atoms with Crippen molar-refractivity contribution in [2.75, 3.05) is 10.6 Å². The maximum atomic E-state index is 13.7. The van der Waals surface area contributed by atoms with E-state index in [1.807, 2.05) is 32.0 Å². The van der Waals surface area contributed by atoms with Gasteiger partial charge in [-0.3, -0.25) is 14.6 Å². The molecule has 2 N–H and O–H groups in total. The number of halogens is 2. The van der Waals surface area contributed by atoms with E-state index in [0.717, 1.165) is 23.3 Å². The lowest BCUT2D eigenvalue weighted by molar-refractivity contribution is 0.102. The molecule has 3 rings (SSSR count). The SMILES string of the molecule is Cc1ccc(C)c(NC(=O)c2ccnc(C(=O)Nc3ccc(F)cc3F)c2)c1. The molecule has 0 radical (unpaired) electrons. The molecule has 2 aromatic carbocycles. The van der Waals surface area contributed by atoms with E-state index >= 15 is 0 Å². The van der Waals surface area contributed by atoms with Gasteiger partial charge in [-0.15, -0.1) is 0 Å². The van der Waals surface area contributed by atoms with Gasteiger partial charge in [0.25, 0.3) is 11.8 Å². The Morgan fingerprint density at radius 2 is 1.61 bits per heavy atom. The Labute approximate surface area is 160 Å². The Balaban J connectivity index is 1.78. The maximum absolute atomic E-state index is 13.7. The number of rotatable bonds is 4. The molecule has 142 valence electrons. The zero-order valence-corrected chi connectivity index (χ0v) is 15.2. The first-order valence-electron chi connectivity index (χ1n) is 8.44. The van der Waals surface area contributed by atoms with Gasteiger partial charge in [-0.25, -0.2) is 8.78 Å². The third kappa shape index (κ3) is 4.37. The number of nitrogens with one attached hydrogen (secondary N) is 2. The van der Waals surface area contributed by atoms with Gasteiger partial charge >= 0.3 is 0 Å². The summed E-state index contributed by atoms with van der Waals surface area (Å²) >= 11 is 0. The number of nitrogens with zero attached hydrogens (tertiary/aromatic N) is 1. The van der Waals surface area contributed by atoms with Gasteiger partial charge < -0.3 is 10.6 Å². The number of hydrogen-bond donors (Lipinski definition) is 2. The van der Waals surface area contributed by atoms with Gasteiger partial charge in [0.2, 0.25) is 0 Å². The fraction of sp³-hybridized carbons (Fsp3) is 0.0952. The molecule has 28 heavy (non-hydrogen) atoms. The van der Waals surface area contributed by atoms with Crippen molar-refractivity contribution in [2.45, 2.75) is 13.8 Å². The van der Waals surface area contributed by atoms with E-state index in [1.165, 1.54) is 18.3 Å². The Hall–Kier alpha value is -3.61. The number of aryl methyl sites for hydroxylation is 2. The number of amides is 2. The van der Waals surface area contributed by atoms with E-state index in [4.69, 9.17) is 0 Å². The van der Waals surface area contributed by atoms with Gasteiger partial charge in [-0.1, -0.05) is 12.1 Å². The second kappa shape index (κ2) is 7.96. The molecule has 0 spiro atoms. The molecule has 0 saturated heterocycles. The van der Waals surface area contributed by atoms with Crippen LogP contribution in [0.15, 0.2) is 54.7 Å². The first-order chi connectivity index (χ1) is 13.3. The molecule has 0 aliphatic carbocycles. The summed E-state index contributed by atoms with van der Waals surface area (Å²) in [7, 11) is 0. The minimum Gasteiger partial charge on any atom is -0.322 e. The molecule has 0 atom stereocenters. The number of hydrogen-bond acceptors (Lipinski definition) is 3. The first kappa shape index (κ1) is 19.2. The predicted molar refractivity (Wildman–Crippen MR) is 102 cm³/mol. The highest BCUT2D eigenvalue weighted by atomic mass is 19.1. The normalized spacial score (nSPS) is 10.4. The van der Waals surface area contributed by atoms with Crippen LogP contribution in [0, 0.1) is 25.5 Å². The van der Waals surface area contributed by atoms with Gasteiger partial charge in [-0.2, -0.15) is 0 Å². The molecule has 3 aromatic rings. The molecule has 0 aliphatic heterocycles. The first-order valence-corrected chi connectivity index (χ1v) is 8.44. The molecule has 0 aliphatic rings.